The predicted molar refractivity (Wildman–Crippen MR) is 87.3 cm³/mol. The van der Waals surface area contributed by atoms with E-state index in [4.69, 9.17) is 16.0 Å². The lowest BCUT2D eigenvalue weighted by Gasteiger charge is -2.11. The molecule has 3 rings (SSSR count). The van der Waals surface area contributed by atoms with Gasteiger partial charge in [-0.15, -0.1) is 0 Å². The number of phenolic OH excluding ortho intramolecular Hbond substituents is 1. The van der Waals surface area contributed by atoms with E-state index >= 15 is 0 Å². The van der Waals surface area contributed by atoms with Crippen molar-refractivity contribution in [3.05, 3.63) is 61.7 Å². The third-order valence-corrected chi connectivity index (χ3v) is 4.24. The maximum atomic E-state index is 13.0. The van der Waals surface area contributed by atoms with Crippen LogP contribution in [0.3, 0.4) is 0 Å². The summed E-state index contributed by atoms with van der Waals surface area (Å²) >= 11 is 8.97. The highest BCUT2D eigenvalue weighted by Crippen LogP contribution is 2.39. The van der Waals surface area contributed by atoms with E-state index in [1.54, 1.807) is 6.07 Å². The molecule has 124 valence electrons. The quantitative estimate of drug-likeness (QED) is 0.558. The van der Waals surface area contributed by atoms with Crippen molar-refractivity contribution >= 4 is 38.5 Å². The van der Waals surface area contributed by atoms with Gasteiger partial charge in [0.05, 0.1) is 21.5 Å². The van der Waals surface area contributed by atoms with Gasteiger partial charge in [-0.2, -0.15) is 13.2 Å². The molecule has 0 amide bonds. The Kier molecular flexibility index (Phi) is 4.09. The maximum absolute atomic E-state index is 13.0. The number of phenols is 1. The minimum Gasteiger partial charge on any atom is -0.507 e. The molecule has 0 unspecified atom stereocenters. The topological polar surface area (TPSA) is 50.4 Å². The van der Waals surface area contributed by atoms with Crippen molar-refractivity contribution in [1.29, 1.82) is 0 Å². The van der Waals surface area contributed by atoms with E-state index in [0.717, 1.165) is 18.2 Å². The fourth-order valence-corrected chi connectivity index (χ4v) is 2.91. The van der Waals surface area contributed by atoms with Gasteiger partial charge in [-0.05, 0) is 30.3 Å². The normalized spacial score (nSPS) is 11.9. The molecule has 0 aliphatic heterocycles. The molecule has 0 saturated carbocycles. The lowest BCUT2D eigenvalue weighted by Crippen LogP contribution is -2.08. The molecule has 0 aliphatic rings. The second kappa shape index (κ2) is 5.82. The molecule has 3 nitrogen and oxygen atoms in total. The van der Waals surface area contributed by atoms with Gasteiger partial charge in [-0.25, -0.2) is 0 Å². The van der Waals surface area contributed by atoms with Crippen LogP contribution < -0.4 is 5.43 Å². The summed E-state index contributed by atoms with van der Waals surface area (Å²) in [5, 5.41) is 9.18. The Morgan fingerprint density at radius 1 is 1.12 bits per heavy atom. The molecule has 0 spiro atoms. The van der Waals surface area contributed by atoms with Crippen molar-refractivity contribution in [3.63, 3.8) is 0 Å². The molecule has 2 aromatic carbocycles. The molecule has 1 heterocycles. The molecule has 0 fully saturated rings. The van der Waals surface area contributed by atoms with Crippen LogP contribution in [0.2, 0.25) is 5.02 Å². The summed E-state index contributed by atoms with van der Waals surface area (Å²) in [6.07, 6.45) is -4.68. The van der Waals surface area contributed by atoms with Crippen molar-refractivity contribution < 1.29 is 22.7 Å². The second-order valence-electron chi connectivity index (χ2n) is 4.94. The van der Waals surface area contributed by atoms with Crippen molar-refractivity contribution in [2.24, 2.45) is 0 Å². The Bertz CT molecular complexity index is 1010. The molecule has 24 heavy (non-hydrogen) atoms. The SMILES string of the molecule is O=c1cc(-c2ccc(Br)cc2O)oc2c(Cl)c(C(F)(F)F)ccc12. The first-order valence-electron chi connectivity index (χ1n) is 6.51. The third-order valence-electron chi connectivity index (χ3n) is 3.37. The standard InChI is InChI=1S/C16H7BrClF3O3/c17-7-1-2-8(11(22)5-7)13-6-12(23)9-3-4-10(16(19,20)21)14(18)15(9)24-13/h1-6,22H. The molecular weight excluding hydrogens is 413 g/mol. The van der Waals surface area contributed by atoms with Crippen molar-refractivity contribution in [2.45, 2.75) is 6.18 Å². The summed E-state index contributed by atoms with van der Waals surface area (Å²) in [5.41, 5.74) is -1.89. The molecule has 1 N–H and O–H groups in total. The Morgan fingerprint density at radius 3 is 2.46 bits per heavy atom. The zero-order valence-electron chi connectivity index (χ0n) is 11.6. The van der Waals surface area contributed by atoms with Crippen LogP contribution >= 0.6 is 27.5 Å². The average molecular weight is 420 g/mol. The molecule has 0 saturated heterocycles. The first kappa shape index (κ1) is 16.9. The van der Waals surface area contributed by atoms with Gasteiger partial charge in [0.2, 0.25) is 0 Å². The number of fused-ring (bicyclic) bond motifs is 1. The summed E-state index contributed by atoms with van der Waals surface area (Å²) < 4.78 is 44.9. The van der Waals surface area contributed by atoms with E-state index in [9.17, 15) is 23.1 Å². The Morgan fingerprint density at radius 2 is 1.83 bits per heavy atom. The molecule has 0 radical (unpaired) electrons. The van der Waals surface area contributed by atoms with Crippen LogP contribution in [-0.2, 0) is 6.18 Å². The molecule has 8 heteroatoms. The zero-order valence-corrected chi connectivity index (χ0v) is 14.0. The van der Waals surface area contributed by atoms with Gasteiger partial charge in [0, 0.05) is 10.5 Å². The molecule has 0 bridgehead atoms. The van der Waals surface area contributed by atoms with Gasteiger partial charge in [0.25, 0.3) is 0 Å². The van der Waals surface area contributed by atoms with Crippen LogP contribution in [0, 0.1) is 0 Å². The number of halogens is 5. The van der Waals surface area contributed by atoms with Gasteiger partial charge in [0.15, 0.2) is 11.0 Å². The fraction of sp³-hybridized carbons (Fsp3) is 0.0625. The Balaban J connectivity index is 2.33. The van der Waals surface area contributed by atoms with Gasteiger partial charge < -0.3 is 9.52 Å². The molecular formula is C16H7BrClF3O3. The third kappa shape index (κ3) is 2.89. The van der Waals surface area contributed by atoms with Crippen LogP contribution in [0.5, 0.6) is 5.75 Å². The number of aromatic hydroxyl groups is 1. The average Bonchev–Trinajstić information content (AvgIpc) is 2.46. The summed E-state index contributed by atoms with van der Waals surface area (Å²) in [5.74, 6) is -0.284. The lowest BCUT2D eigenvalue weighted by molar-refractivity contribution is -0.137. The van der Waals surface area contributed by atoms with E-state index in [0.29, 0.717) is 4.47 Å². The highest BCUT2D eigenvalue weighted by molar-refractivity contribution is 9.10. The smallest absolute Gasteiger partial charge is 0.417 e. The number of alkyl halides is 3. The van der Waals surface area contributed by atoms with E-state index in [1.165, 1.54) is 12.1 Å². The summed E-state index contributed by atoms with van der Waals surface area (Å²) in [6, 6.07) is 7.26. The van der Waals surface area contributed by atoms with E-state index in [2.05, 4.69) is 15.9 Å². The highest BCUT2D eigenvalue weighted by Gasteiger charge is 2.34. The predicted octanol–water partition coefficient (Wildman–Crippen LogP) is 5.60. The number of benzene rings is 2. The summed E-state index contributed by atoms with van der Waals surface area (Å²) in [7, 11) is 0. The van der Waals surface area contributed by atoms with Crippen LogP contribution in [-0.4, -0.2) is 5.11 Å². The lowest BCUT2D eigenvalue weighted by atomic mass is 10.1. The van der Waals surface area contributed by atoms with E-state index in [-0.39, 0.29) is 28.0 Å². The Hall–Kier alpha value is -1.99. The van der Waals surface area contributed by atoms with Gasteiger partial charge in [-0.3, -0.25) is 4.79 Å². The van der Waals surface area contributed by atoms with Crippen LogP contribution in [0.1, 0.15) is 5.56 Å². The summed E-state index contributed by atoms with van der Waals surface area (Å²) in [4.78, 5) is 12.2. The number of rotatable bonds is 1. The molecule has 1 aromatic heterocycles. The minimum atomic E-state index is -4.68. The largest absolute Gasteiger partial charge is 0.507 e. The molecule has 0 aliphatic carbocycles. The first-order valence-corrected chi connectivity index (χ1v) is 7.68. The highest BCUT2D eigenvalue weighted by atomic mass is 79.9. The van der Waals surface area contributed by atoms with Crippen LogP contribution in [0.25, 0.3) is 22.3 Å². The van der Waals surface area contributed by atoms with Crippen molar-refractivity contribution in [3.8, 4) is 17.1 Å². The van der Waals surface area contributed by atoms with E-state index < -0.39 is 22.2 Å². The van der Waals surface area contributed by atoms with Crippen molar-refractivity contribution in [2.75, 3.05) is 0 Å². The van der Waals surface area contributed by atoms with Crippen LogP contribution in [0.4, 0.5) is 13.2 Å². The minimum absolute atomic E-state index is 0.0756. The number of hydrogen-bond acceptors (Lipinski definition) is 3. The zero-order chi connectivity index (χ0) is 17.6. The van der Waals surface area contributed by atoms with Gasteiger partial charge in [0.1, 0.15) is 11.5 Å². The summed E-state index contributed by atoms with van der Waals surface area (Å²) in [6.45, 7) is 0. The second-order valence-corrected chi connectivity index (χ2v) is 6.23. The van der Waals surface area contributed by atoms with Gasteiger partial charge >= 0.3 is 6.18 Å². The molecule has 0 atom stereocenters. The first-order chi connectivity index (χ1) is 11.2. The van der Waals surface area contributed by atoms with Gasteiger partial charge in [-0.1, -0.05) is 27.5 Å². The fourth-order valence-electron chi connectivity index (χ4n) is 2.25. The van der Waals surface area contributed by atoms with Crippen LogP contribution in [0.15, 0.2) is 50.1 Å². The molecule has 3 aromatic rings. The van der Waals surface area contributed by atoms with Crippen molar-refractivity contribution in [1.82, 2.24) is 0 Å². The monoisotopic (exact) mass is 418 g/mol. The number of hydrogen-bond donors (Lipinski definition) is 1. The Labute approximate surface area is 146 Å². The maximum Gasteiger partial charge on any atom is 0.417 e. The van der Waals surface area contributed by atoms with E-state index in [1.807, 2.05) is 0 Å².